The molecule has 1 unspecified atom stereocenters. The Morgan fingerprint density at radius 2 is 1.97 bits per heavy atom. The van der Waals surface area contributed by atoms with Gasteiger partial charge in [0, 0.05) is 35.8 Å². The minimum atomic E-state index is -3.76. The first-order valence-electron chi connectivity index (χ1n) is 11.2. The van der Waals surface area contributed by atoms with Gasteiger partial charge in [0.15, 0.2) is 9.84 Å². The Morgan fingerprint density at radius 3 is 2.54 bits per heavy atom. The molecule has 0 amide bonds. The summed E-state index contributed by atoms with van der Waals surface area (Å²) in [4.78, 5) is 23.4. The number of nitrogens with zero attached hydrogens (tertiary/aromatic N) is 2. The summed E-state index contributed by atoms with van der Waals surface area (Å²) in [5.74, 6) is -1.10. The van der Waals surface area contributed by atoms with E-state index >= 15 is 0 Å². The molecule has 35 heavy (non-hydrogen) atoms. The van der Waals surface area contributed by atoms with Crippen LogP contribution in [0.4, 0.5) is 17.1 Å². The van der Waals surface area contributed by atoms with E-state index in [4.69, 9.17) is 9.84 Å². The molecule has 2 aromatic carbocycles. The molecule has 1 atom stereocenters. The Kier molecular flexibility index (Phi) is 8.22. The lowest BCUT2D eigenvalue weighted by molar-refractivity contribution is -0.384. The summed E-state index contributed by atoms with van der Waals surface area (Å²) in [6, 6.07) is 9.06. The molecule has 0 saturated carbocycles. The molecule has 1 heterocycles. The third-order valence-corrected chi connectivity index (χ3v) is 8.83. The van der Waals surface area contributed by atoms with Gasteiger partial charge in [-0.1, -0.05) is 26.7 Å². The molecule has 3 rings (SSSR count). The highest BCUT2D eigenvalue weighted by Gasteiger charge is 2.42. The maximum Gasteiger partial charge on any atom is 0.331 e. The van der Waals surface area contributed by atoms with Crippen molar-refractivity contribution in [2.75, 3.05) is 17.2 Å². The van der Waals surface area contributed by atoms with Crippen LogP contribution >= 0.6 is 15.9 Å². The van der Waals surface area contributed by atoms with Crippen molar-refractivity contribution in [1.82, 2.24) is 0 Å². The predicted molar refractivity (Wildman–Crippen MR) is 136 cm³/mol. The van der Waals surface area contributed by atoms with Crippen molar-refractivity contribution < 1.29 is 28.0 Å². The van der Waals surface area contributed by atoms with Crippen LogP contribution < -0.4 is 9.64 Å². The van der Waals surface area contributed by atoms with E-state index < -0.39 is 26.1 Å². The number of aliphatic carboxylic acids is 1. The summed E-state index contributed by atoms with van der Waals surface area (Å²) in [6.45, 7) is 4.46. The van der Waals surface area contributed by atoms with Crippen molar-refractivity contribution in [2.45, 2.75) is 44.4 Å². The lowest BCUT2D eigenvalue weighted by atomic mass is 9.81. The van der Waals surface area contributed by atoms with Crippen molar-refractivity contribution in [2.24, 2.45) is 5.41 Å². The van der Waals surface area contributed by atoms with E-state index in [1.807, 2.05) is 11.8 Å². The van der Waals surface area contributed by atoms with E-state index in [0.29, 0.717) is 35.2 Å². The zero-order valence-corrected chi connectivity index (χ0v) is 21.8. The summed E-state index contributed by atoms with van der Waals surface area (Å²) in [5, 5.41) is 20.0. The van der Waals surface area contributed by atoms with Gasteiger partial charge in [0.25, 0.3) is 5.69 Å². The molecule has 0 aliphatic carbocycles. The molecule has 11 heteroatoms. The Hall–Kier alpha value is -2.92. The van der Waals surface area contributed by atoms with Crippen LogP contribution in [0.15, 0.2) is 58.1 Å². The topological polar surface area (TPSA) is 127 Å². The van der Waals surface area contributed by atoms with E-state index in [9.17, 15) is 23.3 Å². The number of hydrogen-bond donors (Lipinski definition) is 1. The molecule has 0 bridgehead atoms. The first kappa shape index (κ1) is 26.7. The SMILES string of the molecule is CCCCC1(CC)CN(c2ccc([N+](=O)[O-])cc2)c2cc(Br)c(O/C=C/C(=O)O)cc2S(=O)(=O)C1. The molecular weight excluding hydrogens is 540 g/mol. The summed E-state index contributed by atoms with van der Waals surface area (Å²) >= 11 is 3.41. The third-order valence-electron chi connectivity index (χ3n) is 6.22. The zero-order chi connectivity index (χ0) is 25.8. The van der Waals surface area contributed by atoms with Gasteiger partial charge >= 0.3 is 5.97 Å². The number of carboxylic acid groups (broad SMARTS) is 1. The van der Waals surface area contributed by atoms with E-state index in [-0.39, 0.29) is 22.1 Å². The van der Waals surface area contributed by atoms with E-state index in [2.05, 4.69) is 22.9 Å². The monoisotopic (exact) mass is 566 g/mol. The standard InChI is InChI=1S/C24H27BrN2O7S/c1-3-5-11-24(4-2)15-26(17-6-8-18(9-7-17)27(30)31)20-13-19(25)21(34-12-10-23(28)29)14-22(20)35(32,33)16-24/h6-10,12-14H,3-5,11,15-16H2,1-2H3,(H,28,29)/b12-10+. The van der Waals surface area contributed by atoms with Crippen molar-refractivity contribution in [1.29, 1.82) is 0 Å². The fourth-order valence-electron chi connectivity index (χ4n) is 4.27. The molecule has 0 saturated heterocycles. The van der Waals surface area contributed by atoms with Crippen LogP contribution in [0.5, 0.6) is 5.75 Å². The van der Waals surface area contributed by atoms with Gasteiger partial charge in [-0.3, -0.25) is 10.1 Å². The summed E-state index contributed by atoms with van der Waals surface area (Å²) < 4.78 is 33.2. The second-order valence-corrected chi connectivity index (χ2v) is 11.4. The number of sulfone groups is 1. The number of hydrogen-bond acceptors (Lipinski definition) is 7. The van der Waals surface area contributed by atoms with Crippen molar-refractivity contribution >= 4 is 48.8 Å². The van der Waals surface area contributed by atoms with Crippen LogP contribution in [0, 0.1) is 15.5 Å². The fourth-order valence-corrected chi connectivity index (χ4v) is 6.87. The first-order chi connectivity index (χ1) is 16.5. The highest BCUT2D eigenvalue weighted by molar-refractivity contribution is 9.10. The summed E-state index contributed by atoms with van der Waals surface area (Å²) in [5.41, 5.74) is 0.466. The molecular formula is C24H27BrN2O7S. The van der Waals surface area contributed by atoms with Crippen LogP contribution in [0.25, 0.3) is 0 Å². The lowest BCUT2D eigenvalue weighted by Crippen LogP contribution is -2.37. The van der Waals surface area contributed by atoms with Crippen molar-refractivity contribution in [3.63, 3.8) is 0 Å². The Balaban J connectivity index is 2.21. The number of nitro benzene ring substituents is 1. The largest absolute Gasteiger partial charge is 0.478 e. The van der Waals surface area contributed by atoms with E-state index in [0.717, 1.165) is 25.2 Å². The minimum absolute atomic E-state index is 0.0562. The number of non-ortho nitro benzene ring substituents is 1. The summed E-state index contributed by atoms with van der Waals surface area (Å²) in [6.07, 6.45) is 4.92. The molecule has 0 aromatic heterocycles. The van der Waals surface area contributed by atoms with Crippen LogP contribution in [-0.4, -0.2) is 36.7 Å². The highest BCUT2D eigenvalue weighted by atomic mass is 79.9. The highest BCUT2D eigenvalue weighted by Crippen LogP contribution is 2.47. The molecule has 0 fully saturated rings. The number of benzene rings is 2. The third kappa shape index (κ3) is 6.02. The summed E-state index contributed by atoms with van der Waals surface area (Å²) in [7, 11) is -3.76. The predicted octanol–water partition coefficient (Wildman–Crippen LogP) is 5.85. The number of carboxylic acids is 1. The average Bonchev–Trinajstić information content (AvgIpc) is 2.90. The fraction of sp³-hybridized carbons (Fsp3) is 0.375. The molecule has 2 aromatic rings. The molecule has 1 aliphatic heterocycles. The maximum absolute atomic E-state index is 13.7. The second kappa shape index (κ2) is 10.8. The van der Waals surface area contributed by atoms with Gasteiger partial charge in [0.1, 0.15) is 5.75 Å². The average molecular weight is 567 g/mol. The Morgan fingerprint density at radius 1 is 1.29 bits per heavy atom. The van der Waals surface area contributed by atoms with Gasteiger partial charge in [-0.05, 0) is 47.0 Å². The molecule has 0 radical (unpaired) electrons. The number of carbonyl (C=O) groups is 1. The van der Waals surface area contributed by atoms with Crippen LogP contribution in [0.1, 0.15) is 39.5 Å². The number of nitro groups is 1. The molecule has 1 N–H and O–H groups in total. The van der Waals surface area contributed by atoms with Gasteiger partial charge in [-0.15, -0.1) is 0 Å². The number of halogens is 1. The van der Waals surface area contributed by atoms with Gasteiger partial charge in [0.2, 0.25) is 0 Å². The minimum Gasteiger partial charge on any atom is -0.478 e. The van der Waals surface area contributed by atoms with Gasteiger partial charge in [-0.2, -0.15) is 0 Å². The zero-order valence-electron chi connectivity index (χ0n) is 19.4. The number of rotatable bonds is 9. The van der Waals surface area contributed by atoms with Gasteiger partial charge < -0.3 is 14.7 Å². The Labute approximate surface area is 212 Å². The number of anilines is 2. The number of unbranched alkanes of at least 4 members (excludes halogenated alkanes) is 1. The van der Waals surface area contributed by atoms with Gasteiger partial charge in [0.05, 0.1) is 38.1 Å². The van der Waals surface area contributed by atoms with Crippen molar-refractivity contribution in [3.05, 3.63) is 63.3 Å². The molecule has 9 nitrogen and oxygen atoms in total. The van der Waals surface area contributed by atoms with Gasteiger partial charge in [-0.25, -0.2) is 13.2 Å². The first-order valence-corrected chi connectivity index (χ1v) is 13.6. The van der Waals surface area contributed by atoms with Crippen LogP contribution in [0.3, 0.4) is 0 Å². The number of ether oxygens (including phenoxy) is 1. The quantitative estimate of drug-likeness (QED) is 0.173. The molecule has 188 valence electrons. The van der Waals surface area contributed by atoms with Crippen LogP contribution in [0.2, 0.25) is 0 Å². The molecule has 1 aliphatic rings. The molecule has 0 spiro atoms. The maximum atomic E-state index is 13.7. The normalized spacial score (nSPS) is 19.2. The van der Waals surface area contributed by atoms with Crippen molar-refractivity contribution in [3.8, 4) is 5.75 Å². The number of fused-ring (bicyclic) bond motifs is 1. The second-order valence-electron chi connectivity index (χ2n) is 8.59. The Bertz CT molecular complexity index is 1250. The lowest BCUT2D eigenvalue weighted by Gasteiger charge is -2.36. The van der Waals surface area contributed by atoms with E-state index in [1.165, 1.54) is 18.2 Å². The smallest absolute Gasteiger partial charge is 0.331 e. The van der Waals surface area contributed by atoms with Crippen LogP contribution in [-0.2, 0) is 14.6 Å². The van der Waals surface area contributed by atoms with E-state index in [1.54, 1.807) is 18.2 Å².